The number of azide groups is 2. The average Bonchev–Trinajstić information content (AvgIpc) is 1.68. The molecule has 2 aromatic carbocycles. The molecular formula is C86H148ClF3K2N19O22-. The second-order valence-electron chi connectivity index (χ2n) is 31.6. The standard InChI is InChI=1S/C26H34FN5O5.C17H17FN4O3.C10H21NO2.2C9H19NO3.2C4H9N3O.C4H8O.CH3F.CH2O3.CH3.ClH.2K.H3N.H/c1-7-18(14-28-25(34)37-26(4,5)6)36-21-10-9-17(27)13-19(21)16(3)30-22-11-12-32-23(31-22)20(15-29-32)24(33)35-8-2;1-3-25-17(24)13-9-19-22-7-6-15(21-16(13)22)20-10(2)12-8-11(18)4-5-14(12)23;1-6-8(2)7-11-9(12)13-10(3,4)5;1-5-7(6-11)10-8(12)13-9(2,3)4;1-5-7(11)6-10-8(12)13-9(2,3)4;1-2-4(3-8)6-7-5;1-2-4(8)3-6-7-5;1-2-4-3-5-4;1-2;2-1-4-3;;;;;;/h9-13,15-16,18H,7-8,14H2,1-6H3,(H,28,34)(H,30,31);4-10,23H,3H2,1-2H3,(H,20,21);8H,6-7H2,1-5H3,(H,11,12);2*7,11H,5-6H2,1-4H3,(H,10,12);2*4,8H,2-3H2,1H3;4H,2-3H2,1H3;1H3;1,3H;1H3;1H;;;1H3;/q;;;;;;;;;;-1;;2*+1;;-1/p-1/t16-,18-;10-;8-;2*7-;3*4-;;;;;;;;/m11010100......../s1/i;;;;;;;;1D;;;;;;;. The molecule has 6 aromatic rings. The van der Waals surface area contributed by atoms with Crippen LogP contribution in [0, 0.1) is 25.0 Å². The van der Waals surface area contributed by atoms with E-state index >= 15 is 0 Å². The van der Waals surface area contributed by atoms with E-state index in [1.165, 1.54) is 58.2 Å². The van der Waals surface area contributed by atoms with Crippen LogP contribution in [0.1, 0.15) is 258 Å². The number of alkyl halides is 1. The van der Waals surface area contributed by atoms with Gasteiger partial charge in [0, 0.05) is 46.4 Å². The molecule has 750 valence electrons. The number of halogens is 4. The summed E-state index contributed by atoms with van der Waals surface area (Å²) in [6, 6.07) is 10.1. The fraction of sp³-hybridized carbons (Fsp3) is 0.628. The first-order valence-corrected chi connectivity index (χ1v) is 41.7. The zero-order valence-corrected chi connectivity index (χ0v) is 89.6. The maximum atomic E-state index is 14.2. The van der Waals surface area contributed by atoms with Crippen LogP contribution in [0.15, 0.2) is 83.5 Å². The molecule has 4 aromatic heterocycles. The first kappa shape index (κ1) is 138. The number of nitrogens with one attached hydrogen (secondary N) is 6. The van der Waals surface area contributed by atoms with Crippen molar-refractivity contribution in [2.75, 3.05) is 77.0 Å². The molecule has 0 bridgehead atoms. The Hall–Kier alpha value is -7.94. The van der Waals surface area contributed by atoms with Gasteiger partial charge >= 0.3 is 139 Å². The van der Waals surface area contributed by atoms with Crippen LogP contribution in [-0.4, -0.2) is 223 Å². The van der Waals surface area contributed by atoms with Gasteiger partial charge in [-0.05, 0) is 215 Å². The number of hydrogen-bond acceptors (Lipinski definition) is 31. The van der Waals surface area contributed by atoms with E-state index in [0.29, 0.717) is 90.5 Å². The predicted molar refractivity (Wildman–Crippen MR) is 495 cm³/mol. The van der Waals surface area contributed by atoms with Crippen LogP contribution in [0.2, 0.25) is 0 Å². The zero-order chi connectivity index (χ0) is 99.2. The molecule has 133 heavy (non-hydrogen) atoms. The number of benzene rings is 2. The first-order chi connectivity index (χ1) is 60.5. The number of ether oxygens (including phenoxy) is 8. The molecule has 41 nitrogen and oxygen atoms in total. The van der Waals surface area contributed by atoms with Crippen LogP contribution in [0.3, 0.4) is 0 Å². The molecule has 1 saturated heterocycles. The van der Waals surface area contributed by atoms with E-state index < -0.39 is 95.7 Å². The third-order valence-electron chi connectivity index (χ3n) is 16.1. The van der Waals surface area contributed by atoms with Gasteiger partial charge in [0.05, 0.1) is 110 Å². The van der Waals surface area contributed by atoms with Gasteiger partial charge in [0.1, 0.15) is 74.4 Å². The zero-order valence-electron chi connectivity index (χ0n) is 84.5. The molecule has 9 atom stereocenters. The largest absolute Gasteiger partial charge is 1.00 e. The van der Waals surface area contributed by atoms with E-state index in [9.17, 15) is 47.0 Å². The molecule has 1 aliphatic rings. The Kier molecular flexibility index (Phi) is 81.1. The van der Waals surface area contributed by atoms with Gasteiger partial charge in [0.2, 0.25) is 0 Å². The van der Waals surface area contributed by atoms with Crippen LogP contribution in [0.25, 0.3) is 32.2 Å². The minimum atomic E-state index is -1.00. The van der Waals surface area contributed by atoms with E-state index in [2.05, 4.69) is 97.8 Å². The summed E-state index contributed by atoms with van der Waals surface area (Å²) in [6.45, 7) is 47.0. The number of nitrogens with zero attached hydrogens (tertiary/aromatic N) is 12. The molecule has 4 amide bonds. The van der Waals surface area contributed by atoms with Crippen molar-refractivity contribution < 1.29 is 226 Å². The normalized spacial score (nSPS) is 13.0. The number of epoxide rings is 1. The molecule has 0 aliphatic carbocycles. The summed E-state index contributed by atoms with van der Waals surface area (Å²) in [4.78, 5) is 94.7. The fourth-order valence-electron chi connectivity index (χ4n) is 9.01. The van der Waals surface area contributed by atoms with Crippen molar-refractivity contribution in [3.05, 3.63) is 136 Å². The summed E-state index contributed by atoms with van der Waals surface area (Å²) in [5, 5.41) is 84.8. The van der Waals surface area contributed by atoms with Crippen LogP contribution >= 0.6 is 12.4 Å². The van der Waals surface area contributed by atoms with Crippen LogP contribution < -0.4 is 151 Å². The van der Waals surface area contributed by atoms with Crippen molar-refractivity contribution in [1.29, 1.82) is 0 Å². The van der Waals surface area contributed by atoms with Gasteiger partial charge in [0.15, 0.2) is 11.3 Å². The number of esters is 2. The Morgan fingerprint density at radius 3 is 1.39 bits per heavy atom. The van der Waals surface area contributed by atoms with Crippen molar-refractivity contribution in [2.45, 2.75) is 282 Å². The maximum absolute atomic E-state index is 14.2. The molecule has 0 radical (unpaired) electrons. The predicted octanol–water partition coefficient (Wildman–Crippen LogP) is 10.1. The summed E-state index contributed by atoms with van der Waals surface area (Å²) in [5.41, 5.74) is 15.8. The van der Waals surface area contributed by atoms with Gasteiger partial charge in [-0.15, -0.1) is 12.4 Å². The Bertz CT molecular complexity index is 4260. The van der Waals surface area contributed by atoms with Crippen molar-refractivity contribution in [3.63, 3.8) is 0 Å². The number of aromatic hydroxyl groups is 1. The van der Waals surface area contributed by atoms with Gasteiger partial charge in [-0.25, -0.2) is 56.5 Å². The molecule has 0 spiro atoms. The van der Waals surface area contributed by atoms with Gasteiger partial charge in [0.25, 0.3) is 6.47 Å². The Morgan fingerprint density at radius 2 is 1.05 bits per heavy atom. The van der Waals surface area contributed by atoms with Gasteiger partial charge < -0.3 is 120 Å². The number of aliphatic hydroxyl groups is 4. The van der Waals surface area contributed by atoms with E-state index in [1.807, 2.05) is 62.3 Å². The van der Waals surface area contributed by atoms with Crippen molar-refractivity contribution >= 4 is 78.1 Å². The molecule has 1 aliphatic heterocycles. The summed E-state index contributed by atoms with van der Waals surface area (Å²) in [5.74, 6) is 0.00242. The van der Waals surface area contributed by atoms with Gasteiger partial charge in [-0.2, -0.15) is 10.2 Å². The molecule has 5 heterocycles. The minimum Gasteiger partial charge on any atom is -1.00 e. The number of carbonyl (C=O) groups excluding carboxylic acids is 7. The Balaban J connectivity index is -0.000000203. The second-order valence-corrected chi connectivity index (χ2v) is 31.6. The Morgan fingerprint density at radius 1 is 0.639 bits per heavy atom. The number of fused-ring (bicyclic) bond motifs is 2. The second kappa shape index (κ2) is 78.1. The number of rotatable bonds is 32. The van der Waals surface area contributed by atoms with Gasteiger partial charge in [-0.3, -0.25) is 9.18 Å². The summed E-state index contributed by atoms with van der Waals surface area (Å²) in [6.07, 6.45) is 9.10. The first-order valence-electron chi connectivity index (χ1n) is 42.4. The number of alkyl carbamates (subject to hydrolysis) is 4. The molecule has 7 rings (SSSR count). The molecule has 0 saturated carbocycles. The number of phenols is 1. The van der Waals surface area contributed by atoms with Crippen LogP contribution in [0.5, 0.6) is 11.5 Å². The number of carbonyl (C=O) groups is 7. The van der Waals surface area contributed by atoms with Gasteiger partial charge in [-0.1, -0.05) is 72.0 Å². The third kappa shape index (κ3) is 68.7. The van der Waals surface area contributed by atoms with E-state index in [0.717, 1.165) is 13.0 Å². The molecule has 1 fully saturated rings. The quantitative estimate of drug-likeness (QED) is 0.00160. The third-order valence-corrected chi connectivity index (χ3v) is 16.1. The fourth-order valence-corrected chi connectivity index (χ4v) is 9.01. The maximum Gasteiger partial charge on any atom is 1.00 e. The smallest absolute Gasteiger partial charge is 1.00 e. The van der Waals surface area contributed by atoms with Crippen molar-refractivity contribution in [3.8, 4) is 11.5 Å². The molecular weight excluding hydrogens is 1820 g/mol. The van der Waals surface area contributed by atoms with Crippen LogP contribution in [-0.2, 0) is 42.8 Å². The molecule has 47 heteroatoms. The number of hydrogen-bond donors (Lipinski definition) is 12. The summed E-state index contributed by atoms with van der Waals surface area (Å²) < 4.78 is 87.5. The Labute approximate surface area is 874 Å². The van der Waals surface area contributed by atoms with E-state index in [4.69, 9.17) is 80.8 Å². The van der Waals surface area contributed by atoms with Crippen molar-refractivity contribution in [1.82, 2.24) is 56.6 Å². The number of aliphatic hydroxyl groups excluding tert-OH is 4. The van der Waals surface area contributed by atoms with Crippen molar-refractivity contribution in [2.24, 2.45) is 16.1 Å². The summed E-state index contributed by atoms with van der Waals surface area (Å²) in [7, 11) is -1.00. The number of phenolic OH excluding ortho intramolecular Hbond substituents is 1. The van der Waals surface area contributed by atoms with Crippen LogP contribution in [0.4, 0.5) is 44.0 Å². The number of aromatic nitrogens is 6. The number of amides is 4. The molecule has 14 N–H and O–H groups in total. The monoisotopic (exact) mass is 1970 g/mol. The van der Waals surface area contributed by atoms with E-state index in [-0.39, 0.29) is 224 Å². The topological polar surface area (TPSA) is 595 Å². The van der Waals surface area contributed by atoms with E-state index in [1.54, 1.807) is 114 Å². The molecule has 0 unspecified atom stereocenters. The number of anilines is 2. The average molecular weight is 1970 g/mol. The summed E-state index contributed by atoms with van der Waals surface area (Å²) >= 11 is 0. The SMILES string of the molecule is CCOC(=O)c1cnn2ccc(N[C@H](C)c3cc(F)ccc3O)nc12.CCOC(=O)c1cnn2ccc(N[C@H](C)c3cc(F)ccc3O[C@H](CC)CNC(=O)OC(C)(C)C)nc12.CC[C@H](C)CNC(=O)OC(C)(C)C.CC[C@H](CO)N=[N+]=[N-].CC[C@H](CO)NC(=O)OC(C)(C)C.CC[C@H](O)CN=[N+]=[N-].CC[C@H](O)CNC(=O)OC(C)(C)C.CC[C@H]1CO1.Cl.N.O=CO[O-].[2H]CF.[CH3-].[H-].[K+].[K+]. The minimum absolute atomic E-state index is 0.